The van der Waals surface area contributed by atoms with Gasteiger partial charge in [0.25, 0.3) is 0 Å². The van der Waals surface area contributed by atoms with E-state index in [0.717, 1.165) is 28.0 Å². The average Bonchev–Trinajstić information content (AvgIpc) is 2.98. The third-order valence-corrected chi connectivity index (χ3v) is 3.57. The molecule has 1 aromatic carbocycles. The molecule has 0 unspecified atom stereocenters. The van der Waals surface area contributed by atoms with Crippen LogP contribution in [0.1, 0.15) is 12.6 Å². The molecule has 0 radical (unpaired) electrons. The molecule has 0 aliphatic carbocycles. The van der Waals surface area contributed by atoms with Crippen molar-refractivity contribution in [1.82, 2.24) is 9.55 Å². The summed E-state index contributed by atoms with van der Waals surface area (Å²) in [5.74, 6) is 0.378. The number of fused-ring (bicyclic) bond motifs is 1. The summed E-state index contributed by atoms with van der Waals surface area (Å²) in [6, 6.07) is 12.2. The van der Waals surface area contributed by atoms with Gasteiger partial charge in [0.2, 0.25) is 5.65 Å². The predicted molar refractivity (Wildman–Crippen MR) is 95.0 cm³/mol. The maximum absolute atomic E-state index is 6.00. The third kappa shape index (κ3) is 2.79. The number of hydrogen-bond donors (Lipinski definition) is 1. The second-order valence-electron chi connectivity index (χ2n) is 5.11. The molecule has 3 N–H and O–H groups in total. The van der Waals surface area contributed by atoms with Gasteiger partial charge in [0.15, 0.2) is 0 Å². The van der Waals surface area contributed by atoms with Gasteiger partial charge in [-0.15, -0.1) is 4.98 Å². The lowest BCUT2D eigenvalue weighted by Gasteiger charge is -2.03. The third-order valence-electron chi connectivity index (χ3n) is 3.57. The van der Waals surface area contributed by atoms with Crippen molar-refractivity contribution in [1.29, 1.82) is 0 Å². The van der Waals surface area contributed by atoms with Crippen LogP contribution in [0.2, 0.25) is 0 Å². The summed E-state index contributed by atoms with van der Waals surface area (Å²) < 4.78 is 2.07. The number of nitrogens with one attached hydrogen (secondary N) is 1. The van der Waals surface area contributed by atoms with Crippen LogP contribution in [0.5, 0.6) is 0 Å². The fourth-order valence-electron chi connectivity index (χ4n) is 2.62. The Bertz CT molecular complexity index is 902. The number of aromatic nitrogens is 3. The molecule has 114 valence electrons. The SMILES string of the molecule is C=C/C=C(\C=C/C)c1nc(N)[nH+]c2c1ccn2-c1ccccc1. The minimum atomic E-state index is 0.378. The largest absolute Gasteiger partial charge is 0.343 e. The Morgan fingerprint density at radius 1 is 1.26 bits per heavy atom. The van der Waals surface area contributed by atoms with Crippen molar-refractivity contribution in [2.45, 2.75) is 6.92 Å². The van der Waals surface area contributed by atoms with Crippen LogP contribution in [0.3, 0.4) is 0 Å². The van der Waals surface area contributed by atoms with Crippen molar-refractivity contribution in [3.05, 3.63) is 79.2 Å². The number of aromatic amines is 1. The lowest BCUT2D eigenvalue weighted by Crippen LogP contribution is -2.17. The molecular formula is C19H19N4+. The summed E-state index contributed by atoms with van der Waals surface area (Å²) >= 11 is 0. The zero-order valence-corrected chi connectivity index (χ0v) is 13.0. The molecule has 0 atom stereocenters. The molecule has 0 saturated carbocycles. The maximum Gasteiger partial charge on any atom is 0.343 e. The number of anilines is 1. The normalized spacial score (nSPS) is 12.1. The van der Waals surface area contributed by atoms with Gasteiger partial charge in [-0.25, -0.2) is 9.55 Å². The first-order chi connectivity index (χ1) is 11.2. The molecule has 0 aliphatic rings. The topological polar surface area (TPSA) is 58.0 Å². The molecule has 0 bridgehead atoms. The van der Waals surface area contributed by atoms with Crippen molar-refractivity contribution in [3.63, 3.8) is 0 Å². The minimum absolute atomic E-state index is 0.378. The molecule has 2 heterocycles. The highest BCUT2D eigenvalue weighted by atomic mass is 15.1. The Kier molecular flexibility index (Phi) is 4.06. The Morgan fingerprint density at radius 2 is 2.04 bits per heavy atom. The van der Waals surface area contributed by atoms with Gasteiger partial charge in [0.1, 0.15) is 5.69 Å². The first-order valence-electron chi connectivity index (χ1n) is 7.45. The second kappa shape index (κ2) is 6.32. The van der Waals surface area contributed by atoms with Crippen molar-refractivity contribution in [2.24, 2.45) is 0 Å². The number of nitrogen functional groups attached to an aromatic ring is 1. The molecular weight excluding hydrogens is 284 g/mol. The Balaban J connectivity index is 2.28. The molecule has 2 aromatic heterocycles. The number of hydrogen-bond acceptors (Lipinski definition) is 2. The molecule has 3 aromatic rings. The van der Waals surface area contributed by atoms with E-state index in [0.29, 0.717) is 5.95 Å². The van der Waals surface area contributed by atoms with Crippen LogP contribution in [-0.4, -0.2) is 9.55 Å². The quantitative estimate of drug-likeness (QED) is 0.749. The van der Waals surface area contributed by atoms with Gasteiger partial charge in [0, 0.05) is 5.57 Å². The molecule has 4 heteroatoms. The summed E-state index contributed by atoms with van der Waals surface area (Å²) in [5.41, 5.74) is 9.79. The van der Waals surface area contributed by atoms with E-state index in [1.165, 1.54) is 0 Å². The summed E-state index contributed by atoms with van der Waals surface area (Å²) in [5, 5.41) is 1.01. The Labute approximate surface area is 135 Å². The maximum atomic E-state index is 6.00. The first-order valence-corrected chi connectivity index (χ1v) is 7.45. The highest BCUT2D eigenvalue weighted by molar-refractivity contribution is 5.91. The van der Waals surface area contributed by atoms with Crippen LogP contribution >= 0.6 is 0 Å². The monoisotopic (exact) mass is 303 g/mol. The lowest BCUT2D eigenvalue weighted by atomic mass is 10.1. The van der Waals surface area contributed by atoms with Crippen LogP contribution in [0.25, 0.3) is 22.3 Å². The molecule has 0 fully saturated rings. The molecule has 0 spiro atoms. The van der Waals surface area contributed by atoms with Crippen LogP contribution in [0.15, 0.2) is 73.5 Å². The average molecular weight is 303 g/mol. The molecule has 0 aliphatic heterocycles. The minimum Gasteiger partial charge on any atom is -0.308 e. The Morgan fingerprint density at radius 3 is 2.74 bits per heavy atom. The van der Waals surface area contributed by atoms with Crippen LogP contribution in [0, 0.1) is 0 Å². The van der Waals surface area contributed by atoms with Crippen molar-refractivity contribution in [2.75, 3.05) is 5.73 Å². The van der Waals surface area contributed by atoms with Crippen LogP contribution < -0.4 is 10.7 Å². The number of allylic oxidation sites excluding steroid dienone is 5. The van der Waals surface area contributed by atoms with Gasteiger partial charge in [0.05, 0.1) is 17.3 Å². The predicted octanol–water partition coefficient (Wildman–Crippen LogP) is 3.57. The number of benzene rings is 1. The number of H-pyrrole nitrogens is 1. The van der Waals surface area contributed by atoms with Crippen LogP contribution in [-0.2, 0) is 0 Å². The van der Waals surface area contributed by atoms with Gasteiger partial charge >= 0.3 is 5.95 Å². The van der Waals surface area contributed by atoms with E-state index in [4.69, 9.17) is 5.73 Å². The summed E-state index contributed by atoms with van der Waals surface area (Å²) in [6.07, 6.45) is 9.68. The fraction of sp³-hybridized carbons (Fsp3) is 0.0526. The molecule has 23 heavy (non-hydrogen) atoms. The van der Waals surface area contributed by atoms with E-state index in [9.17, 15) is 0 Å². The Hall–Kier alpha value is -3.14. The van der Waals surface area contributed by atoms with Gasteiger partial charge in [-0.3, -0.25) is 0 Å². The number of para-hydroxylation sites is 1. The van der Waals surface area contributed by atoms with Gasteiger partial charge in [-0.05, 0) is 25.1 Å². The zero-order valence-electron chi connectivity index (χ0n) is 13.0. The summed E-state index contributed by atoms with van der Waals surface area (Å²) in [6.45, 7) is 5.76. The highest BCUT2D eigenvalue weighted by Crippen LogP contribution is 2.25. The van der Waals surface area contributed by atoms with E-state index in [1.54, 1.807) is 6.08 Å². The van der Waals surface area contributed by atoms with Gasteiger partial charge < -0.3 is 5.73 Å². The molecule has 4 nitrogen and oxygen atoms in total. The number of nitrogens with two attached hydrogens (primary N) is 1. The van der Waals surface area contributed by atoms with Gasteiger partial charge in [-0.2, -0.15) is 0 Å². The van der Waals surface area contributed by atoms with Crippen molar-refractivity contribution in [3.8, 4) is 5.69 Å². The second-order valence-corrected chi connectivity index (χ2v) is 5.11. The van der Waals surface area contributed by atoms with Crippen molar-refractivity contribution >= 4 is 22.6 Å². The van der Waals surface area contributed by atoms with Crippen molar-refractivity contribution < 1.29 is 4.98 Å². The summed E-state index contributed by atoms with van der Waals surface area (Å²) in [7, 11) is 0. The lowest BCUT2D eigenvalue weighted by molar-refractivity contribution is -0.334. The number of nitrogens with zero attached hydrogens (tertiary/aromatic N) is 2. The highest BCUT2D eigenvalue weighted by Gasteiger charge is 2.17. The fourth-order valence-corrected chi connectivity index (χ4v) is 2.62. The zero-order chi connectivity index (χ0) is 16.2. The van der Waals surface area contributed by atoms with E-state index >= 15 is 0 Å². The smallest absolute Gasteiger partial charge is 0.308 e. The molecule has 0 saturated heterocycles. The van der Waals surface area contributed by atoms with E-state index < -0.39 is 0 Å². The van der Waals surface area contributed by atoms with E-state index in [1.807, 2.05) is 55.6 Å². The van der Waals surface area contributed by atoms with E-state index in [-0.39, 0.29) is 0 Å². The van der Waals surface area contributed by atoms with Gasteiger partial charge in [-0.1, -0.05) is 49.1 Å². The summed E-state index contributed by atoms with van der Waals surface area (Å²) in [4.78, 5) is 7.66. The molecule has 3 rings (SSSR count). The standard InChI is InChI=1S/C19H18N4/c1-3-8-14(9-4-2)17-16-12-13-23(15-10-6-5-7-11-15)18(16)22-19(20)21-17/h3-13H,1H2,2H3,(H2,20,21,22)/p+1/b9-4-,14-8+. The van der Waals surface area contributed by atoms with Crippen LogP contribution in [0.4, 0.5) is 5.95 Å². The first kappa shape index (κ1) is 14.8. The molecule has 0 amide bonds. The number of rotatable bonds is 4. The van der Waals surface area contributed by atoms with E-state index in [2.05, 4.69) is 33.2 Å².